The van der Waals surface area contributed by atoms with Gasteiger partial charge in [-0.2, -0.15) is 0 Å². The van der Waals surface area contributed by atoms with Gasteiger partial charge < -0.3 is 14.8 Å². The van der Waals surface area contributed by atoms with E-state index in [1.807, 2.05) is 0 Å². The lowest BCUT2D eigenvalue weighted by Crippen LogP contribution is -2.42. The van der Waals surface area contributed by atoms with Crippen LogP contribution in [0.2, 0.25) is 5.02 Å². The molecule has 130 valence electrons. The maximum atomic E-state index is 12.3. The van der Waals surface area contributed by atoms with E-state index in [-0.39, 0.29) is 18.6 Å². The van der Waals surface area contributed by atoms with E-state index in [4.69, 9.17) is 21.1 Å². The number of fused-ring (bicyclic) bond motifs is 1. The van der Waals surface area contributed by atoms with Gasteiger partial charge in [0.2, 0.25) is 0 Å². The zero-order valence-electron chi connectivity index (χ0n) is 13.7. The summed E-state index contributed by atoms with van der Waals surface area (Å²) in [6.45, 7) is 1.86. The smallest absolute Gasteiger partial charge is 0.313 e. The van der Waals surface area contributed by atoms with E-state index in [1.54, 1.807) is 25.1 Å². The van der Waals surface area contributed by atoms with Crippen LogP contribution in [0.1, 0.15) is 38.2 Å². The first-order valence-electron chi connectivity index (χ1n) is 8.45. The first kappa shape index (κ1) is 17.1. The van der Waals surface area contributed by atoms with E-state index in [9.17, 15) is 9.59 Å². The summed E-state index contributed by atoms with van der Waals surface area (Å²) in [6.07, 6.45) is 3.99. The number of carbonyl (C=O) groups is 2. The maximum absolute atomic E-state index is 12.3. The number of rotatable bonds is 4. The Morgan fingerprint density at radius 1 is 1.33 bits per heavy atom. The molecule has 6 heteroatoms. The van der Waals surface area contributed by atoms with Crippen molar-refractivity contribution >= 4 is 23.5 Å². The minimum Gasteiger partial charge on any atom is -0.492 e. The van der Waals surface area contributed by atoms with Gasteiger partial charge in [0.15, 0.2) is 6.10 Å². The van der Waals surface area contributed by atoms with Gasteiger partial charge in [-0.3, -0.25) is 9.59 Å². The standard InChI is InChI=1S/C18H22ClNO4/c1-11(17(21)20-15-4-2-3-5-15)24-18(22)13-8-12-9-14(19)6-7-16(12)23-10-13/h6-7,9,11,13,15H,2-5,8,10H2,1H3,(H,20,21)/t11-,13+/m1/s1. The molecule has 0 spiro atoms. The monoisotopic (exact) mass is 351 g/mol. The third-order valence-electron chi connectivity index (χ3n) is 4.63. The van der Waals surface area contributed by atoms with Crippen LogP contribution in [-0.4, -0.2) is 30.6 Å². The van der Waals surface area contributed by atoms with E-state index in [2.05, 4.69) is 5.32 Å². The lowest BCUT2D eigenvalue weighted by atomic mass is 9.97. The fraction of sp³-hybridized carbons (Fsp3) is 0.556. The Morgan fingerprint density at radius 3 is 2.83 bits per heavy atom. The van der Waals surface area contributed by atoms with Crippen molar-refractivity contribution in [3.63, 3.8) is 0 Å². The van der Waals surface area contributed by atoms with Gasteiger partial charge in [-0.25, -0.2) is 0 Å². The molecule has 24 heavy (non-hydrogen) atoms. The third kappa shape index (κ3) is 4.01. The van der Waals surface area contributed by atoms with Gasteiger partial charge in [-0.1, -0.05) is 24.4 Å². The second-order valence-electron chi connectivity index (χ2n) is 6.53. The highest BCUT2D eigenvalue weighted by Gasteiger charge is 2.30. The normalized spacial score (nSPS) is 21.5. The molecule has 1 aliphatic carbocycles. The summed E-state index contributed by atoms with van der Waals surface area (Å²) in [4.78, 5) is 24.5. The van der Waals surface area contributed by atoms with Gasteiger partial charge in [0.05, 0.1) is 5.92 Å². The van der Waals surface area contributed by atoms with Gasteiger partial charge in [0.25, 0.3) is 5.91 Å². The molecule has 0 aromatic heterocycles. The number of hydrogen-bond acceptors (Lipinski definition) is 4. The molecule has 1 aromatic rings. The van der Waals surface area contributed by atoms with Crippen molar-refractivity contribution < 1.29 is 19.1 Å². The van der Waals surface area contributed by atoms with Crippen LogP contribution in [0.15, 0.2) is 18.2 Å². The Kier molecular flexibility index (Phi) is 5.29. The average molecular weight is 352 g/mol. The molecule has 0 unspecified atom stereocenters. The zero-order valence-corrected chi connectivity index (χ0v) is 14.5. The minimum atomic E-state index is -0.793. The average Bonchev–Trinajstić information content (AvgIpc) is 3.06. The molecule has 2 atom stereocenters. The van der Waals surface area contributed by atoms with Gasteiger partial charge >= 0.3 is 5.97 Å². The van der Waals surface area contributed by atoms with Crippen LogP contribution >= 0.6 is 11.6 Å². The number of carbonyl (C=O) groups excluding carboxylic acids is 2. The SMILES string of the molecule is C[C@@H](OC(=O)[C@@H]1COc2ccc(Cl)cc2C1)C(=O)NC1CCCC1. The van der Waals surface area contributed by atoms with E-state index in [1.165, 1.54) is 0 Å². The van der Waals surface area contributed by atoms with Crippen molar-refractivity contribution in [1.82, 2.24) is 5.32 Å². The third-order valence-corrected chi connectivity index (χ3v) is 4.86. The molecular weight excluding hydrogens is 330 g/mol. The van der Waals surface area contributed by atoms with Crippen molar-refractivity contribution in [2.75, 3.05) is 6.61 Å². The van der Waals surface area contributed by atoms with Crippen molar-refractivity contribution in [3.05, 3.63) is 28.8 Å². The van der Waals surface area contributed by atoms with Gasteiger partial charge in [-0.05, 0) is 49.9 Å². The number of ether oxygens (including phenoxy) is 2. The summed E-state index contributed by atoms with van der Waals surface area (Å²) < 4.78 is 10.9. The van der Waals surface area contributed by atoms with E-state index < -0.39 is 18.0 Å². The Labute approximate surface area is 146 Å². The highest BCUT2D eigenvalue weighted by molar-refractivity contribution is 6.30. The molecule has 1 aliphatic heterocycles. The summed E-state index contributed by atoms with van der Waals surface area (Å²) in [6, 6.07) is 5.57. The van der Waals surface area contributed by atoms with Crippen LogP contribution in [-0.2, 0) is 20.7 Å². The molecule has 3 rings (SSSR count). The first-order valence-corrected chi connectivity index (χ1v) is 8.83. The van der Waals surface area contributed by atoms with Crippen molar-refractivity contribution in [3.8, 4) is 5.75 Å². The summed E-state index contributed by atoms with van der Waals surface area (Å²) >= 11 is 5.99. The number of hydrogen-bond donors (Lipinski definition) is 1. The predicted octanol–water partition coefficient (Wildman–Crippen LogP) is 2.88. The second-order valence-corrected chi connectivity index (χ2v) is 6.97. The molecule has 2 aliphatic rings. The van der Waals surface area contributed by atoms with Gasteiger partial charge in [0, 0.05) is 11.1 Å². The van der Waals surface area contributed by atoms with Crippen LogP contribution in [0.3, 0.4) is 0 Å². The molecule has 1 amide bonds. The quantitative estimate of drug-likeness (QED) is 0.847. The van der Waals surface area contributed by atoms with Crippen molar-refractivity contribution in [2.24, 2.45) is 5.92 Å². The lowest BCUT2D eigenvalue weighted by molar-refractivity contribution is -0.160. The highest BCUT2D eigenvalue weighted by atomic mass is 35.5. The Bertz CT molecular complexity index is 627. The van der Waals surface area contributed by atoms with E-state index in [0.29, 0.717) is 11.4 Å². The summed E-state index contributed by atoms with van der Waals surface area (Å²) in [7, 11) is 0. The number of esters is 1. The molecule has 5 nitrogen and oxygen atoms in total. The molecule has 1 saturated carbocycles. The summed E-state index contributed by atoms with van der Waals surface area (Å²) in [5, 5.41) is 3.55. The maximum Gasteiger partial charge on any atom is 0.313 e. The van der Waals surface area contributed by atoms with Crippen LogP contribution in [0, 0.1) is 5.92 Å². The first-order chi connectivity index (χ1) is 11.5. The molecule has 1 heterocycles. The number of benzene rings is 1. The van der Waals surface area contributed by atoms with Gasteiger partial charge in [0.1, 0.15) is 12.4 Å². The predicted molar refractivity (Wildman–Crippen MR) is 90.1 cm³/mol. The Balaban J connectivity index is 1.54. The molecule has 0 radical (unpaired) electrons. The summed E-state index contributed by atoms with van der Waals surface area (Å²) in [5.74, 6) is -0.307. The molecule has 1 aromatic carbocycles. The molecule has 1 fully saturated rings. The van der Waals surface area contributed by atoms with Crippen LogP contribution in [0.25, 0.3) is 0 Å². The van der Waals surface area contributed by atoms with E-state index >= 15 is 0 Å². The topological polar surface area (TPSA) is 64.6 Å². The highest BCUT2D eigenvalue weighted by Crippen LogP contribution is 2.30. The number of amides is 1. The number of halogens is 1. The van der Waals surface area contributed by atoms with E-state index in [0.717, 1.165) is 37.0 Å². The molecule has 1 N–H and O–H groups in total. The number of nitrogens with one attached hydrogen (secondary N) is 1. The van der Waals surface area contributed by atoms with Crippen LogP contribution < -0.4 is 10.1 Å². The Morgan fingerprint density at radius 2 is 2.08 bits per heavy atom. The summed E-state index contributed by atoms with van der Waals surface area (Å²) in [5.41, 5.74) is 0.888. The molecule has 0 bridgehead atoms. The largest absolute Gasteiger partial charge is 0.492 e. The lowest BCUT2D eigenvalue weighted by Gasteiger charge is -2.25. The second kappa shape index (κ2) is 7.43. The van der Waals surface area contributed by atoms with Crippen LogP contribution in [0.4, 0.5) is 0 Å². The fourth-order valence-electron chi connectivity index (χ4n) is 3.23. The zero-order chi connectivity index (χ0) is 17.1. The van der Waals surface area contributed by atoms with Crippen molar-refractivity contribution in [2.45, 2.75) is 51.2 Å². The fourth-order valence-corrected chi connectivity index (χ4v) is 3.42. The van der Waals surface area contributed by atoms with Crippen LogP contribution in [0.5, 0.6) is 5.75 Å². The molecular formula is C18H22ClNO4. The molecule has 0 saturated heterocycles. The minimum absolute atomic E-state index is 0.214. The van der Waals surface area contributed by atoms with Crippen molar-refractivity contribution in [1.29, 1.82) is 0 Å². The van der Waals surface area contributed by atoms with Gasteiger partial charge in [-0.15, -0.1) is 0 Å². The Hall–Kier alpha value is -1.75.